The zero-order valence-electron chi connectivity index (χ0n) is 16.9. The first-order chi connectivity index (χ1) is 15.2. The molecule has 0 heterocycles. The summed E-state index contributed by atoms with van der Waals surface area (Å²) in [5.74, 6) is -2.30. The van der Waals surface area contributed by atoms with Gasteiger partial charge in [-0.2, -0.15) is 0 Å². The summed E-state index contributed by atoms with van der Waals surface area (Å²) in [6, 6.07) is 13.9. The van der Waals surface area contributed by atoms with Crippen LogP contribution in [0.2, 0.25) is 5.02 Å². The number of sulfonamides is 1. The van der Waals surface area contributed by atoms with Gasteiger partial charge in [0.25, 0.3) is 10.0 Å². The van der Waals surface area contributed by atoms with E-state index in [0.717, 1.165) is 12.1 Å². The Kier molecular flexibility index (Phi) is 7.32. The molecule has 0 spiro atoms. The van der Waals surface area contributed by atoms with Crippen molar-refractivity contribution >= 4 is 38.9 Å². The van der Waals surface area contributed by atoms with E-state index in [2.05, 4.69) is 10.0 Å². The Bertz CT molecular complexity index is 1250. The highest BCUT2D eigenvalue weighted by Crippen LogP contribution is 2.31. The van der Waals surface area contributed by atoms with Gasteiger partial charge < -0.3 is 10.1 Å². The molecule has 0 fully saturated rings. The average Bonchev–Trinajstić information content (AvgIpc) is 2.76. The van der Waals surface area contributed by atoms with E-state index in [9.17, 15) is 22.0 Å². The number of halogens is 3. The second-order valence-electron chi connectivity index (χ2n) is 6.75. The fourth-order valence-corrected chi connectivity index (χ4v) is 4.40. The first-order valence-corrected chi connectivity index (χ1v) is 11.2. The van der Waals surface area contributed by atoms with E-state index in [1.807, 2.05) is 0 Å². The van der Waals surface area contributed by atoms with Gasteiger partial charge in [0.15, 0.2) is 11.6 Å². The molecule has 0 aliphatic rings. The molecule has 32 heavy (non-hydrogen) atoms. The van der Waals surface area contributed by atoms with Crippen LogP contribution < -0.4 is 14.8 Å². The van der Waals surface area contributed by atoms with Gasteiger partial charge in [0, 0.05) is 12.1 Å². The molecule has 6 nitrogen and oxygen atoms in total. The SMILES string of the molecule is COc1ccc(NC(=O)CCc2ccc(F)c(F)c2)cc1S(=O)(=O)Nc1ccccc1Cl. The Labute approximate surface area is 189 Å². The van der Waals surface area contributed by atoms with Crippen LogP contribution in [0.4, 0.5) is 20.2 Å². The van der Waals surface area contributed by atoms with E-state index < -0.39 is 27.6 Å². The topological polar surface area (TPSA) is 84.5 Å². The molecule has 0 aliphatic carbocycles. The first kappa shape index (κ1) is 23.5. The molecule has 0 bridgehead atoms. The number of para-hydroxylation sites is 1. The van der Waals surface area contributed by atoms with Crippen LogP contribution >= 0.6 is 11.6 Å². The average molecular weight is 481 g/mol. The number of anilines is 2. The predicted molar refractivity (Wildman–Crippen MR) is 119 cm³/mol. The molecule has 3 aromatic carbocycles. The lowest BCUT2D eigenvalue weighted by Gasteiger charge is -2.14. The van der Waals surface area contributed by atoms with Gasteiger partial charge >= 0.3 is 0 Å². The number of benzene rings is 3. The molecular formula is C22H19ClF2N2O4S. The molecular weight excluding hydrogens is 462 g/mol. The summed E-state index contributed by atoms with van der Waals surface area (Å²) in [6.07, 6.45) is 0.162. The van der Waals surface area contributed by atoms with Crippen LogP contribution in [-0.4, -0.2) is 21.4 Å². The van der Waals surface area contributed by atoms with Crippen molar-refractivity contribution in [2.75, 3.05) is 17.1 Å². The molecule has 0 unspecified atom stereocenters. The van der Waals surface area contributed by atoms with Gasteiger partial charge in [-0.15, -0.1) is 0 Å². The number of nitrogens with one attached hydrogen (secondary N) is 2. The Morgan fingerprint density at radius 1 is 1.03 bits per heavy atom. The van der Waals surface area contributed by atoms with Crippen LogP contribution in [0.3, 0.4) is 0 Å². The van der Waals surface area contributed by atoms with E-state index in [1.54, 1.807) is 18.2 Å². The monoisotopic (exact) mass is 480 g/mol. The Morgan fingerprint density at radius 3 is 2.47 bits per heavy atom. The van der Waals surface area contributed by atoms with Crippen molar-refractivity contribution in [2.24, 2.45) is 0 Å². The molecule has 168 valence electrons. The highest BCUT2D eigenvalue weighted by Gasteiger charge is 2.22. The van der Waals surface area contributed by atoms with Crippen LogP contribution in [0.5, 0.6) is 5.75 Å². The number of aryl methyl sites for hydroxylation is 1. The van der Waals surface area contributed by atoms with Crippen LogP contribution in [0.1, 0.15) is 12.0 Å². The smallest absolute Gasteiger partial charge is 0.265 e. The molecule has 1 amide bonds. The second kappa shape index (κ2) is 9.97. The van der Waals surface area contributed by atoms with Crippen molar-refractivity contribution < 1.29 is 26.7 Å². The molecule has 0 saturated carbocycles. The van der Waals surface area contributed by atoms with Gasteiger partial charge in [0.2, 0.25) is 5.91 Å². The third-order valence-electron chi connectivity index (χ3n) is 4.48. The fourth-order valence-electron chi connectivity index (χ4n) is 2.88. The summed E-state index contributed by atoms with van der Waals surface area (Å²) in [7, 11) is -2.77. The predicted octanol–water partition coefficient (Wildman–Crippen LogP) is 5.00. The molecule has 3 aromatic rings. The number of rotatable bonds is 8. The number of carbonyl (C=O) groups excluding carboxylic acids is 1. The molecule has 0 aliphatic heterocycles. The first-order valence-electron chi connectivity index (χ1n) is 9.39. The zero-order valence-corrected chi connectivity index (χ0v) is 18.4. The van der Waals surface area contributed by atoms with Crippen LogP contribution in [-0.2, 0) is 21.2 Å². The standard InChI is InChI=1S/C22H19ClF2N2O4S/c1-31-20-10-8-15(26-22(28)11-7-14-6-9-17(24)18(25)12-14)13-21(20)32(29,30)27-19-5-3-2-4-16(19)23/h2-6,8-10,12-13,27H,7,11H2,1H3,(H,26,28). The Hall–Kier alpha value is -3.17. The van der Waals surface area contributed by atoms with Crippen molar-refractivity contribution in [3.63, 3.8) is 0 Å². The molecule has 0 radical (unpaired) electrons. The maximum atomic E-state index is 13.3. The lowest BCUT2D eigenvalue weighted by Crippen LogP contribution is -2.16. The van der Waals surface area contributed by atoms with Crippen molar-refractivity contribution in [3.8, 4) is 5.75 Å². The summed E-state index contributed by atoms with van der Waals surface area (Å²) in [4.78, 5) is 12.1. The Balaban J connectivity index is 1.75. The quantitative estimate of drug-likeness (QED) is 0.475. The minimum absolute atomic E-state index is 0.0168. The maximum absolute atomic E-state index is 13.3. The summed E-state index contributed by atoms with van der Waals surface area (Å²) in [5, 5.41) is 2.82. The minimum Gasteiger partial charge on any atom is -0.495 e. The third kappa shape index (κ3) is 5.74. The molecule has 0 saturated heterocycles. The van der Waals surface area contributed by atoms with Gasteiger partial charge in [-0.1, -0.05) is 29.8 Å². The van der Waals surface area contributed by atoms with Gasteiger partial charge in [-0.3, -0.25) is 9.52 Å². The van der Waals surface area contributed by atoms with E-state index in [1.165, 1.54) is 37.4 Å². The molecule has 0 atom stereocenters. The van der Waals surface area contributed by atoms with Crippen LogP contribution in [0, 0.1) is 11.6 Å². The molecule has 10 heteroatoms. The summed E-state index contributed by atoms with van der Waals surface area (Å²) in [6.45, 7) is 0. The van der Waals surface area contributed by atoms with Gasteiger partial charge in [0.05, 0.1) is 17.8 Å². The number of amides is 1. The van der Waals surface area contributed by atoms with Crippen LogP contribution in [0.25, 0.3) is 0 Å². The summed E-state index contributed by atoms with van der Waals surface area (Å²) in [5.41, 5.74) is 0.874. The van der Waals surface area contributed by atoms with Gasteiger partial charge in [-0.05, 0) is 54.4 Å². The van der Waals surface area contributed by atoms with Crippen molar-refractivity contribution in [1.82, 2.24) is 0 Å². The number of methoxy groups -OCH3 is 1. The largest absolute Gasteiger partial charge is 0.495 e. The normalized spacial score (nSPS) is 11.1. The minimum atomic E-state index is -4.09. The van der Waals surface area contributed by atoms with E-state index in [4.69, 9.17) is 16.3 Å². The van der Waals surface area contributed by atoms with Crippen molar-refractivity contribution in [2.45, 2.75) is 17.7 Å². The van der Waals surface area contributed by atoms with Crippen LogP contribution in [0.15, 0.2) is 65.6 Å². The molecule has 0 aromatic heterocycles. The molecule has 3 rings (SSSR count). The summed E-state index contributed by atoms with van der Waals surface area (Å²) < 4.78 is 59.7. The number of carbonyl (C=O) groups is 1. The highest BCUT2D eigenvalue weighted by molar-refractivity contribution is 7.92. The highest BCUT2D eigenvalue weighted by atomic mass is 35.5. The van der Waals surface area contributed by atoms with E-state index >= 15 is 0 Å². The number of hydrogen-bond acceptors (Lipinski definition) is 4. The zero-order chi connectivity index (χ0) is 23.3. The van der Waals surface area contributed by atoms with Gasteiger partial charge in [0.1, 0.15) is 10.6 Å². The van der Waals surface area contributed by atoms with E-state index in [0.29, 0.717) is 5.56 Å². The number of hydrogen-bond donors (Lipinski definition) is 2. The lowest BCUT2D eigenvalue weighted by molar-refractivity contribution is -0.116. The third-order valence-corrected chi connectivity index (χ3v) is 6.20. The lowest BCUT2D eigenvalue weighted by atomic mass is 10.1. The number of ether oxygens (including phenoxy) is 1. The van der Waals surface area contributed by atoms with Crippen molar-refractivity contribution in [1.29, 1.82) is 0 Å². The summed E-state index contributed by atoms with van der Waals surface area (Å²) >= 11 is 6.04. The maximum Gasteiger partial charge on any atom is 0.265 e. The van der Waals surface area contributed by atoms with E-state index in [-0.39, 0.29) is 39.9 Å². The second-order valence-corrected chi connectivity index (χ2v) is 8.81. The van der Waals surface area contributed by atoms with Gasteiger partial charge in [-0.25, -0.2) is 17.2 Å². The molecule has 2 N–H and O–H groups in total. The fraction of sp³-hybridized carbons (Fsp3) is 0.136. The Morgan fingerprint density at radius 2 is 1.78 bits per heavy atom. The van der Waals surface area contributed by atoms with Crippen molar-refractivity contribution in [3.05, 3.63) is 82.9 Å².